The normalized spacial score (nSPS) is 37.0. The summed E-state index contributed by atoms with van der Waals surface area (Å²) in [5, 5.41) is 4.11. The Balaban J connectivity index is 1.80. The second-order valence-electron chi connectivity index (χ2n) is 5.30. The lowest BCUT2D eigenvalue weighted by Gasteiger charge is -2.30. The molecule has 2 saturated heterocycles. The Bertz CT molecular complexity index is 417. The van der Waals surface area contributed by atoms with Crippen LogP contribution in [0.15, 0.2) is 4.52 Å². The molecule has 0 bridgehead atoms. The molecule has 3 atom stereocenters. The average molecular weight is 269 g/mol. The van der Waals surface area contributed by atoms with Crippen LogP contribution in [0.1, 0.15) is 43.8 Å². The zero-order valence-corrected chi connectivity index (χ0v) is 11.4. The molecule has 0 aromatic carbocycles. The van der Waals surface area contributed by atoms with E-state index in [1.807, 2.05) is 18.7 Å². The average Bonchev–Trinajstić information content (AvgIpc) is 2.98. The van der Waals surface area contributed by atoms with Crippen molar-refractivity contribution in [1.82, 2.24) is 10.1 Å². The molecular weight excluding hydrogens is 250 g/mol. The van der Waals surface area contributed by atoms with Crippen LogP contribution in [0.4, 0.5) is 0 Å². The van der Waals surface area contributed by atoms with Crippen molar-refractivity contribution in [3.8, 4) is 0 Å². The van der Waals surface area contributed by atoms with E-state index >= 15 is 0 Å². The van der Waals surface area contributed by atoms with E-state index in [2.05, 4.69) is 10.1 Å². The molecule has 100 valence electrons. The van der Waals surface area contributed by atoms with Crippen LogP contribution in [0.5, 0.6) is 0 Å². The minimum Gasteiger partial charge on any atom is -0.367 e. The van der Waals surface area contributed by atoms with Gasteiger partial charge in [0.15, 0.2) is 0 Å². The summed E-state index contributed by atoms with van der Waals surface area (Å²) in [7, 11) is 0. The lowest BCUT2D eigenvalue weighted by molar-refractivity contribution is -0.0770. The van der Waals surface area contributed by atoms with E-state index < -0.39 is 0 Å². The van der Waals surface area contributed by atoms with Gasteiger partial charge >= 0.3 is 0 Å². The fourth-order valence-electron chi connectivity index (χ4n) is 2.54. The van der Waals surface area contributed by atoms with Crippen LogP contribution in [0.3, 0.4) is 0 Å². The first kappa shape index (κ1) is 12.4. The van der Waals surface area contributed by atoms with Crippen LogP contribution in [0, 0.1) is 0 Å². The van der Waals surface area contributed by atoms with Crippen molar-refractivity contribution in [3.63, 3.8) is 0 Å². The third-order valence-electron chi connectivity index (χ3n) is 3.83. The summed E-state index contributed by atoms with van der Waals surface area (Å²) in [6, 6.07) is 0.128. The van der Waals surface area contributed by atoms with Gasteiger partial charge in [-0.15, -0.1) is 0 Å². The number of ether oxygens (including phenoxy) is 1. The molecular formula is C12H19N3O2S. The Labute approximate surface area is 111 Å². The molecule has 1 aromatic rings. The molecule has 0 spiro atoms. The summed E-state index contributed by atoms with van der Waals surface area (Å²) in [6.07, 6.45) is 3.22. The van der Waals surface area contributed by atoms with E-state index in [9.17, 15) is 0 Å². The van der Waals surface area contributed by atoms with Gasteiger partial charge < -0.3 is 15.0 Å². The second kappa shape index (κ2) is 4.83. The van der Waals surface area contributed by atoms with Crippen LogP contribution < -0.4 is 5.73 Å². The smallest absolute Gasteiger partial charge is 0.232 e. The molecule has 0 radical (unpaired) electrons. The predicted molar refractivity (Wildman–Crippen MR) is 69.5 cm³/mol. The number of hydrogen-bond donors (Lipinski definition) is 1. The fraction of sp³-hybridized carbons (Fsp3) is 0.833. The molecule has 1 aromatic heterocycles. The monoisotopic (exact) mass is 269 g/mol. The van der Waals surface area contributed by atoms with Crippen molar-refractivity contribution in [1.29, 1.82) is 0 Å². The van der Waals surface area contributed by atoms with Gasteiger partial charge in [0.25, 0.3) is 0 Å². The standard InChI is InChI=1S/C12H19N3O2S/c1-12(4-2-3-5-16-12)11-14-10(17-15-11)8-6-18-7-9(8)13/h8-9H,2-7,13H2,1H3. The molecule has 3 rings (SSSR count). The third kappa shape index (κ3) is 2.17. The zero-order chi connectivity index (χ0) is 12.6. The largest absolute Gasteiger partial charge is 0.367 e. The van der Waals surface area contributed by atoms with Gasteiger partial charge in [0.05, 0.1) is 5.92 Å². The zero-order valence-electron chi connectivity index (χ0n) is 10.6. The second-order valence-corrected chi connectivity index (χ2v) is 6.38. The fourth-order valence-corrected chi connectivity index (χ4v) is 3.82. The Hall–Kier alpha value is -0.590. The lowest BCUT2D eigenvalue weighted by atomic mass is 9.95. The van der Waals surface area contributed by atoms with Crippen LogP contribution >= 0.6 is 11.8 Å². The van der Waals surface area contributed by atoms with Gasteiger partial charge in [-0.05, 0) is 26.2 Å². The summed E-state index contributed by atoms with van der Waals surface area (Å²) in [4.78, 5) is 4.54. The van der Waals surface area contributed by atoms with E-state index in [0.29, 0.717) is 11.7 Å². The Morgan fingerprint density at radius 3 is 2.94 bits per heavy atom. The summed E-state index contributed by atoms with van der Waals surface area (Å²) in [5.74, 6) is 3.50. The van der Waals surface area contributed by atoms with Gasteiger partial charge in [-0.2, -0.15) is 16.7 Å². The van der Waals surface area contributed by atoms with E-state index in [4.69, 9.17) is 15.0 Å². The molecule has 3 unspecified atom stereocenters. The summed E-state index contributed by atoms with van der Waals surface area (Å²) < 4.78 is 11.2. The maximum atomic E-state index is 6.05. The highest BCUT2D eigenvalue weighted by molar-refractivity contribution is 7.99. The first-order valence-corrected chi connectivity index (χ1v) is 7.66. The van der Waals surface area contributed by atoms with Crippen LogP contribution in [-0.4, -0.2) is 34.3 Å². The van der Waals surface area contributed by atoms with Crippen LogP contribution in [-0.2, 0) is 10.3 Å². The first-order chi connectivity index (χ1) is 8.69. The van der Waals surface area contributed by atoms with Gasteiger partial charge in [-0.1, -0.05) is 5.16 Å². The molecule has 2 N–H and O–H groups in total. The molecule has 2 aliphatic rings. The number of aromatic nitrogens is 2. The van der Waals surface area contributed by atoms with Crippen LogP contribution in [0.2, 0.25) is 0 Å². The molecule has 0 saturated carbocycles. The van der Waals surface area contributed by atoms with Gasteiger partial charge in [-0.25, -0.2) is 0 Å². The minimum absolute atomic E-state index is 0.128. The van der Waals surface area contributed by atoms with Crippen molar-refractivity contribution in [2.75, 3.05) is 18.1 Å². The molecule has 6 heteroatoms. The topological polar surface area (TPSA) is 74.2 Å². The first-order valence-electron chi connectivity index (χ1n) is 6.50. The maximum Gasteiger partial charge on any atom is 0.232 e. The third-order valence-corrected chi connectivity index (χ3v) is 5.04. The molecule has 0 amide bonds. The van der Waals surface area contributed by atoms with Gasteiger partial charge in [0.2, 0.25) is 11.7 Å². The highest BCUT2D eigenvalue weighted by atomic mass is 32.2. The van der Waals surface area contributed by atoms with E-state index in [1.54, 1.807) is 0 Å². The lowest BCUT2D eigenvalue weighted by Crippen LogP contribution is -2.31. The van der Waals surface area contributed by atoms with Gasteiger partial charge in [0, 0.05) is 24.2 Å². The molecule has 3 heterocycles. The van der Waals surface area contributed by atoms with Crippen molar-refractivity contribution in [2.45, 2.75) is 43.7 Å². The number of nitrogens with zero attached hydrogens (tertiary/aromatic N) is 2. The summed E-state index contributed by atoms with van der Waals surface area (Å²) >= 11 is 1.85. The summed E-state index contributed by atoms with van der Waals surface area (Å²) in [6.45, 7) is 2.82. The molecule has 18 heavy (non-hydrogen) atoms. The molecule has 2 aliphatic heterocycles. The van der Waals surface area contributed by atoms with Crippen molar-refractivity contribution >= 4 is 11.8 Å². The molecule has 0 aliphatic carbocycles. The molecule has 5 nitrogen and oxygen atoms in total. The van der Waals surface area contributed by atoms with Crippen molar-refractivity contribution in [3.05, 3.63) is 11.7 Å². The van der Waals surface area contributed by atoms with Gasteiger partial charge in [0.1, 0.15) is 5.60 Å². The number of nitrogens with two attached hydrogens (primary N) is 1. The Kier molecular flexibility index (Phi) is 3.34. The SMILES string of the molecule is CC1(c2noc(C3CSCC3N)n2)CCCCO1. The van der Waals surface area contributed by atoms with E-state index in [0.717, 1.165) is 37.4 Å². The van der Waals surface area contributed by atoms with Crippen LogP contribution in [0.25, 0.3) is 0 Å². The summed E-state index contributed by atoms with van der Waals surface area (Å²) in [5.41, 5.74) is 5.67. The minimum atomic E-state index is -0.379. The number of thioether (sulfide) groups is 1. The molecule has 2 fully saturated rings. The van der Waals surface area contributed by atoms with Crippen molar-refractivity contribution in [2.24, 2.45) is 5.73 Å². The predicted octanol–water partition coefficient (Wildman–Crippen LogP) is 1.64. The quantitative estimate of drug-likeness (QED) is 0.880. The highest BCUT2D eigenvalue weighted by Crippen LogP contribution is 2.35. The number of rotatable bonds is 2. The van der Waals surface area contributed by atoms with Crippen molar-refractivity contribution < 1.29 is 9.26 Å². The Morgan fingerprint density at radius 1 is 1.39 bits per heavy atom. The van der Waals surface area contributed by atoms with E-state index in [-0.39, 0.29) is 17.6 Å². The highest BCUT2D eigenvalue weighted by Gasteiger charge is 2.37. The number of hydrogen-bond acceptors (Lipinski definition) is 6. The van der Waals surface area contributed by atoms with E-state index in [1.165, 1.54) is 0 Å². The maximum absolute atomic E-state index is 6.05. The Morgan fingerprint density at radius 2 is 2.28 bits per heavy atom. The van der Waals surface area contributed by atoms with Gasteiger partial charge in [-0.3, -0.25) is 0 Å².